The fraction of sp³-hybridized carbons (Fsp3) is 1.00. The van der Waals surface area contributed by atoms with E-state index in [0.717, 1.165) is 52.1 Å². The van der Waals surface area contributed by atoms with E-state index in [1.54, 1.807) is 0 Å². The second-order valence-electron chi connectivity index (χ2n) is 11.6. The normalized spacial score (nSPS) is 13.2. The van der Waals surface area contributed by atoms with Crippen molar-refractivity contribution in [3.63, 3.8) is 0 Å². The molecule has 0 aliphatic carbocycles. The molecule has 52 heteroatoms. The minimum Gasteiger partial charge on any atom is -0.330 e. The molecule has 0 aromatic rings. The molecule has 0 fully saturated rings. The first-order chi connectivity index (χ1) is 28.2. The average Bonchev–Trinajstić information content (AvgIpc) is 2.84. The Balaban J connectivity index is -0.000000123. The predicted molar refractivity (Wildman–Crippen MR) is 227 cm³/mol. The fourth-order valence-electron chi connectivity index (χ4n) is 2.32. The first-order valence-corrected chi connectivity index (χ1v) is 37.1. The van der Waals surface area contributed by atoms with Crippen LogP contribution in [0, 0.1) is 0 Å². The number of rotatable bonds is 21. The van der Waals surface area contributed by atoms with Crippen LogP contribution in [-0.2, 0) is 54.8 Å². The largest absolute Gasteiger partial charge is 0.337 e. The smallest absolute Gasteiger partial charge is 0.330 e. The monoisotopic (exact) mass is 1230 g/mol. The predicted octanol–water partition coefficient (Wildman–Crippen LogP) is -5.34. The lowest BCUT2D eigenvalue weighted by Gasteiger charge is -2.04. The molecule has 0 radical (unpaired) electrons. The van der Waals surface area contributed by atoms with Gasteiger partial charge in [0.1, 0.15) is 0 Å². The Kier molecular flexibility index (Phi) is 44.2. The molecule has 0 aliphatic heterocycles. The summed E-state index contributed by atoms with van der Waals surface area (Å²) in [4.78, 5) is 191. The van der Waals surface area contributed by atoms with Gasteiger partial charge in [0.05, 0.1) is 0 Å². The van der Waals surface area contributed by atoms with E-state index < -0.39 is 127 Å². The molecular formula is C14H58N4O36P12. The third-order valence-corrected chi connectivity index (χ3v) is 21.5. The van der Waals surface area contributed by atoms with E-state index in [9.17, 15) is 54.8 Å². The summed E-state index contributed by atoms with van der Waals surface area (Å²) in [5, 5.41) is 6.58. The number of nitrogens with two attached hydrogens (primary N) is 2. The van der Waals surface area contributed by atoms with Gasteiger partial charge in [0.25, 0.3) is 0 Å². The second kappa shape index (κ2) is 35.7. The van der Waals surface area contributed by atoms with Crippen LogP contribution in [0.1, 0.15) is 12.8 Å². The van der Waals surface area contributed by atoms with Gasteiger partial charge in [0, 0.05) is 13.1 Å². The van der Waals surface area contributed by atoms with Gasteiger partial charge in [-0.15, -0.1) is 0 Å². The van der Waals surface area contributed by atoms with Gasteiger partial charge in [0.15, 0.2) is 35.4 Å². The first kappa shape index (κ1) is 81.7. The maximum atomic E-state index is 9.85. The highest BCUT2D eigenvalue weighted by Crippen LogP contribution is 2.54. The van der Waals surface area contributed by atoms with Gasteiger partial charge in [-0.2, -0.15) is 0 Å². The quantitative estimate of drug-likeness (QED) is 0.0377. The maximum Gasteiger partial charge on any atom is 0.337 e. The van der Waals surface area contributed by atoms with Crippen LogP contribution in [0.2, 0.25) is 0 Å². The van der Waals surface area contributed by atoms with E-state index in [4.69, 9.17) is 129 Å². The summed E-state index contributed by atoms with van der Waals surface area (Å²) in [7, 11) is -54.6. The molecule has 0 bridgehead atoms. The molecule has 0 unspecified atom stereocenters. The Morgan fingerprint density at radius 3 is 0.394 bits per heavy atom. The molecule has 0 amide bonds. The summed E-state index contributed by atoms with van der Waals surface area (Å²) in [6, 6.07) is 0. The zero-order valence-corrected chi connectivity index (χ0v) is 43.8. The van der Waals surface area contributed by atoms with E-state index in [1.807, 2.05) is 0 Å². The molecule has 410 valence electrons. The lowest BCUT2D eigenvalue weighted by molar-refractivity contribution is 0.352. The molecule has 0 heterocycles. The van der Waals surface area contributed by atoms with E-state index in [1.165, 1.54) is 0 Å². The molecular weight excluding hydrogens is 1170 g/mol. The van der Waals surface area contributed by atoms with Crippen LogP contribution in [0.25, 0.3) is 0 Å². The lowest BCUT2D eigenvalue weighted by atomic mass is 10.4. The van der Waals surface area contributed by atoms with Gasteiger partial charge in [-0.1, -0.05) is 0 Å². The topological polar surface area (TPSA) is 766 Å². The highest BCUT2D eigenvalue weighted by atomic mass is 31.3. The Labute approximate surface area is 372 Å². The van der Waals surface area contributed by atoms with Gasteiger partial charge in [-0.05, 0) is 39.0 Å². The Morgan fingerprint density at radius 1 is 0.227 bits per heavy atom. The maximum absolute atomic E-state index is 9.85. The molecule has 0 aromatic carbocycles. The van der Waals surface area contributed by atoms with Gasteiger partial charge in [-0.25, -0.2) is 0 Å². The summed E-state index contributed by atoms with van der Waals surface area (Å²) < 4.78 is 118. The summed E-state index contributed by atoms with van der Waals surface area (Å²) in [6.07, 6.45) is 2.12. The van der Waals surface area contributed by atoms with Crippen LogP contribution in [0.5, 0.6) is 0 Å². The Bertz CT molecular complexity index is 1440. The summed E-state index contributed by atoms with van der Waals surface area (Å²) in [5.74, 6) is -8.25. The molecule has 0 aromatic heterocycles. The molecule has 40 nitrogen and oxygen atoms in total. The number of nitrogens with one attached hydrogen (secondary N) is 2. The van der Waals surface area contributed by atoms with Crippen LogP contribution in [0.15, 0.2) is 0 Å². The molecule has 0 spiro atoms. The second-order valence-corrected chi connectivity index (χ2v) is 34.3. The minimum atomic E-state index is -4.55. The van der Waals surface area contributed by atoms with Gasteiger partial charge in [-0.3, -0.25) is 54.8 Å². The van der Waals surface area contributed by atoms with Crippen molar-refractivity contribution in [1.29, 1.82) is 0 Å². The lowest BCUT2D eigenvalue weighted by Crippen LogP contribution is -2.29. The Morgan fingerprint density at radius 2 is 0.333 bits per heavy atom. The van der Waals surface area contributed by atoms with Crippen molar-refractivity contribution >= 4 is 91.1 Å². The molecule has 0 saturated carbocycles. The van der Waals surface area contributed by atoms with E-state index in [2.05, 4.69) is 10.6 Å². The van der Waals surface area contributed by atoms with Crippen molar-refractivity contribution in [2.45, 2.75) is 12.8 Å². The van der Waals surface area contributed by atoms with Crippen molar-refractivity contribution in [2.75, 3.05) is 74.7 Å². The van der Waals surface area contributed by atoms with Gasteiger partial charge in [0.2, 0.25) is 0 Å². The first-order valence-electron chi connectivity index (χ1n) is 15.5. The van der Waals surface area contributed by atoms with Crippen molar-refractivity contribution < 1.29 is 172 Å². The van der Waals surface area contributed by atoms with Crippen molar-refractivity contribution in [3.8, 4) is 0 Å². The van der Waals surface area contributed by atoms with Gasteiger partial charge >= 0.3 is 91.1 Å². The molecule has 0 saturated heterocycles. The minimum absolute atomic E-state index is 0.771. The number of hydrogen-bond donors (Lipinski definition) is 28. The zero-order chi connectivity index (χ0) is 55.3. The van der Waals surface area contributed by atoms with Crippen LogP contribution in [0.3, 0.4) is 0 Å². The number of hydrogen-bond acceptors (Lipinski definition) is 16. The van der Waals surface area contributed by atoms with E-state index in [-0.39, 0.29) is 0 Å². The third-order valence-electron chi connectivity index (χ3n) is 3.80. The summed E-state index contributed by atoms with van der Waals surface area (Å²) >= 11 is 0. The summed E-state index contributed by atoms with van der Waals surface area (Å²) in [6.45, 7) is 5.63. The molecule has 0 rings (SSSR count). The van der Waals surface area contributed by atoms with Crippen LogP contribution in [0.4, 0.5) is 0 Å². The summed E-state index contributed by atoms with van der Waals surface area (Å²) in [5.41, 5.74) is 10.7. The fourth-order valence-corrected chi connectivity index (χ4v) is 13.8. The van der Waals surface area contributed by atoms with Crippen LogP contribution >= 0.6 is 91.1 Å². The van der Waals surface area contributed by atoms with Crippen molar-refractivity contribution in [3.05, 3.63) is 0 Å². The van der Waals surface area contributed by atoms with Crippen LogP contribution in [-0.4, -0.2) is 192 Å². The van der Waals surface area contributed by atoms with Crippen LogP contribution < -0.4 is 22.1 Å². The Hall–Kier alpha value is 1.64. The molecule has 0 aliphatic rings. The molecule has 66 heavy (non-hydrogen) atoms. The average molecular weight is 1230 g/mol. The molecule has 0 atom stereocenters. The highest BCUT2D eigenvalue weighted by molar-refractivity contribution is 7.71. The van der Waals surface area contributed by atoms with E-state index in [0.29, 0.717) is 0 Å². The highest BCUT2D eigenvalue weighted by Gasteiger charge is 2.30. The molecule has 30 N–H and O–H groups in total. The van der Waals surface area contributed by atoms with Crippen molar-refractivity contribution in [1.82, 2.24) is 10.6 Å². The van der Waals surface area contributed by atoms with Crippen molar-refractivity contribution in [2.24, 2.45) is 11.5 Å². The van der Waals surface area contributed by atoms with E-state index >= 15 is 0 Å². The zero-order valence-electron chi connectivity index (χ0n) is 33.1. The standard InChI is InChI=1S/C8H22N4.6CH6O6P2/c9-3-1-5-11-7-8-12-6-2-4-10;6*2-8(3,4)1-9(5,6)7/h11-12H,1-10H2;6*1H2,(H2,2,3,4)(H2,5,6,7). The third kappa shape index (κ3) is 126. The SMILES string of the molecule is NCCCNCCNCCCN.O=P(O)(O)CP(=O)(O)O.O=P(O)(O)CP(=O)(O)O.O=P(O)(O)CP(=O)(O)O.O=P(O)(O)CP(=O)(O)O.O=P(O)(O)CP(=O)(O)O.O=P(O)(O)CP(=O)(O)O. The van der Waals surface area contributed by atoms with Gasteiger partial charge < -0.3 is 140 Å².